The van der Waals surface area contributed by atoms with Crippen molar-refractivity contribution in [2.24, 2.45) is 0 Å². The van der Waals surface area contributed by atoms with Crippen LogP contribution in [0, 0.1) is 0 Å². The molecule has 3 amide bonds. The minimum atomic E-state index is -0.568. The molecule has 2 N–H and O–H groups in total. The van der Waals surface area contributed by atoms with E-state index in [1.165, 1.54) is 6.08 Å². The number of hydrogen-bond acceptors (Lipinski definition) is 5. The molecule has 0 aliphatic heterocycles. The number of carbonyl (C=O) groups is 3. The zero-order valence-electron chi connectivity index (χ0n) is 11.7. The molecule has 0 aromatic carbocycles. The highest BCUT2D eigenvalue weighted by Crippen LogP contribution is 2.26. The summed E-state index contributed by atoms with van der Waals surface area (Å²) < 4.78 is 4.86. The van der Waals surface area contributed by atoms with Crippen LogP contribution in [0.4, 0.5) is 4.79 Å². The van der Waals surface area contributed by atoms with Gasteiger partial charge >= 0.3 is 12.0 Å². The van der Waals surface area contributed by atoms with Crippen molar-refractivity contribution in [3.63, 3.8) is 0 Å². The monoisotopic (exact) mass is 283 g/mol. The van der Waals surface area contributed by atoms with Crippen LogP contribution >= 0.6 is 0 Å². The molecule has 0 aromatic rings. The van der Waals surface area contributed by atoms with E-state index in [2.05, 4.69) is 17.2 Å². The van der Waals surface area contributed by atoms with E-state index in [-0.39, 0.29) is 31.6 Å². The van der Waals surface area contributed by atoms with Gasteiger partial charge in [0.2, 0.25) is 5.91 Å². The number of nitrogens with one attached hydrogen (secondary N) is 2. The molecule has 0 atom stereocenters. The quantitative estimate of drug-likeness (QED) is 0.484. The van der Waals surface area contributed by atoms with Gasteiger partial charge in [-0.25, -0.2) is 4.79 Å². The third kappa shape index (κ3) is 6.33. The zero-order chi connectivity index (χ0) is 15.0. The molecule has 0 heterocycles. The van der Waals surface area contributed by atoms with Gasteiger partial charge in [0, 0.05) is 12.6 Å². The summed E-state index contributed by atoms with van der Waals surface area (Å²) in [6.45, 7) is 5.86. The molecular weight excluding hydrogens is 262 g/mol. The van der Waals surface area contributed by atoms with E-state index in [4.69, 9.17) is 4.74 Å². The number of ether oxygens (including phenoxy) is 1. The topological polar surface area (TPSA) is 87.7 Å². The Morgan fingerprint density at radius 2 is 2.05 bits per heavy atom. The third-order valence-electron chi connectivity index (χ3n) is 2.71. The zero-order valence-corrected chi connectivity index (χ0v) is 11.7. The van der Waals surface area contributed by atoms with Crippen LogP contribution in [0.15, 0.2) is 12.7 Å². The first kappa shape index (κ1) is 16.2. The fourth-order valence-corrected chi connectivity index (χ4v) is 1.69. The second kappa shape index (κ2) is 8.31. The first-order chi connectivity index (χ1) is 9.56. The SMILES string of the molecule is C=CCNC(=O)NC(=O)CN(CC(=O)OCC)C1CC1. The van der Waals surface area contributed by atoms with Crippen LogP contribution in [0.1, 0.15) is 19.8 Å². The van der Waals surface area contributed by atoms with Crippen LogP contribution in [-0.2, 0) is 14.3 Å². The second-order valence-electron chi connectivity index (χ2n) is 4.49. The van der Waals surface area contributed by atoms with Crippen molar-refractivity contribution >= 4 is 17.9 Å². The summed E-state index contributed by atoms with van der Waals surface area (Å²) in [5.41, 5.74) is 0. The summed E-state index contributed by atoms with van der Waals surface area (Å²) in [4.78, 5) is 36.2. The van der Waals surface area contributed by atoms with Gasteiger partial charge < -0.3 is 10.1 Å². The molecule has 20 heavy (non-hydrogen) atoms. The Balaban J connectivity index is 2.37. The van der Waals surface area contributed by atoms with E-state index in [1.54, 1.807) is 11.8 Å². The predicted molar refractivity (Wildman–Crippen MR) is 73.0 cm³/mol. The Hall–Kier alpha value is -1.89. The van der Waals surface area contributed by atoms with Crippen molar-refractivity contribution in [3.8, 4) is 0 Å². The number of carbonyl (C=O) groups excluding carboxylic acids is 3. The lowest BCUT2D eigenvalue weighted by atomic mass is 10.4. The molecular formula is C13H21N3O4. The van der Waals surface area contributed by atoms with E-state index in [1.807, 2.05) is 0 Å². The van der Waals surface area contributed by atoms with Crippen LogP contribution < -0.4 is 10.6 Å². The van der Waals surface area contributed by atoms with Crippen molar-refractivity contribution < 1.29 is 19.1 Å². The number of hydrogen-bond donors (Lipinski definition) is 2. The molecule has 1 rings (SSSR count). The summed E-state index contributed by atoms with van der Waals surface area (Å²) in [7, 11) is 0. The van der Waals surface area contributed by atoms with Gasteiger partial charge in [0.05, 0.1) is 19.7 Å². The number of imide groups is 1. The van der Waals surface area contributed by atoms with Gasteiger partial charge in [-0.3, -0.25) is 19.8 Å². The standard InChI is InChI=1S/C13H21N3O4/c1-3-7-14-13(19)15-11(17)8-16(10-5-6-10)9-12(18)20-4-2/h3,10H,1,4-9H2,2H3,(H2,14,15,17,19). The molecule has 7 heteroatoms. The molecule has 7 nitrogen and oxygen atoms in total. The summed E-state index contributed by atoms with van der Waals surface area (Å²) in [6, 6.07) is -0.344. The van der Waals surface area contributed by atoms with Crippen molar-refractivity contribution in [1.82, 2.24) is 15.5 Å². The molecule has 1 fully saturated rings. The molecule has 0 radical (unpaired) electrons. The number of amides is 3. The lowest BCUT2D eigenvalue weighted by Gasteiger charge is -2.19. The van der Waals surface area contributed by atoms with E-state index >= 15 is 0 Å². The molecule has 112 valence electrons. The molecule has 0 saturated heterocycles. The first-order valence-electron chi connectivity index (χ1n) is 6.65. The Labute approximate surface area is 118 Å². The number of nitrogens with zero attached hydrogens (tertiary/aromatic N) is 1. The molecule has 0 bridgehead atoms. The van der Waals surface area contributed by atoms with Crippen molar-refractivity contribution in [2.45, 2.75) is 25.8 Å². The van der Waals surface area contributed by atoms with Gasteiger partial charge in [0.1, 0.15) is 0 Å². The van der Waals surface area contributed by atoms with Crippen molar-refractivity contribution in [1.29, 1.82) is 0 Å². The minimum Gasteiger partial charge on any atom is -0.465 e. The largest absolute Gasteiger partial charge is 0.465 e. The van der Waals surface area contributed by atoms with Crippen LogP contribution in [0.2, 0.25) is 0 Å². The Morgan fingerprint density at radius 3 is 2.60 bits per heavy atom. The molecule has 1 saturated carbocycles. The maximum absolute atomic E-state index is 11.7. The maximum Gasteiger partial charge on any atom is 0.321 e. The average Bonchev–Trinajstić information content (AvgIpc) is 3.20. The molecule has 1 aliphatic rings. The highest BCUT2D eigenvalue weighted by Gasteiger charge is 2.32. The van der Waals surface area contributed by atoms with Gasteiger partial charge in [-0.2, -0.15) is 0 Å². The lowest BCUT2D eigenvalue weighted by molar-refractivity contribution is -0.144. The summed E-state index contributed by atoms with van der Waals surface area (Å²) in [5, 5.41) is 4.65. The van der Waals surface area contributed by atoms with Crippen LogP contribution in [0.5, 0.6) is 0 Å². The summed E-state index contributed by atoms with van der Waals surface area (Å²) in [5.74, 6) is -0.800. The van der Waals surface area contributed by atoms with Gasteiger partial charge in [0.15, 0.2) is 0 Å². The van der Waals surface area contributed by atoms with Crippen LogP contribution in [0.25, 0.3) is 0 Å². The van der Waals surface area contributed by atoms with Crippen LogP contribution in [0.3, 0.4) is 0 Å². The van der Waals surface area contributed by atoms with Gasteiger partial charge in [0.25, 0.3) is 0 Å². The molecule has 0 unspecified atom stereocenters. The van der Waals surface area contributed by atoms with E-state index < -0.39 is 11.9 Å². The van der Waals surface area contributed by atoms with Crippen molar-refractivity contribution in [3.05, 3.63) is 12.7 Å². The molecule has 1 aliphatic carbocycles. The Bertz CT molecular complexity index is 380. The first-order valence-corrected chi connectivity index (χ1v) is 6.65. The highest BCUT2D eigenvalue weighted by molar-refractivity contribution is 5.95. The number of rotatable bonds is 8. The van der Waals surface area contributed by atoms with E-state index in [0.717, 1.165) is 12.8 Å². The number of urea groups is 1. The van der Waals surface area contributed by atoms with E-state index in [0.29, 0.717) is 6.61 Å². The Morgan fingerprint density at radius 1 is 1.35 bits per heavy atom. The average molecular weight is 283 g/mol. The minimum absolute atomic E-state index is 0.00495. The van der Waals surface area contributed by atoms with Gasteiger partial charge in [-0.15, -0.1) is 6.58 Å². The van der Waals surface area contributed by atoms with Crippen LogP contribution in [-0.4, -0.2) is 55.1 Å². The smallest absolute Gasteiger partial charge is 0.321 e. The van der Waals surface area contributed by atoms with E-state index in [9.17, 15) is 14.4 Å². The molecule has 0 spiro atoms. The van der Waals surface area contributed by atoms with Crippen molar-refractivity contribution in [2.75, 3.05) is 26.2 Å². The van der Waals surface area contributed by atoms with Gasteiger partial charge in [-0.1, -0.05) is 6.08 Å². The van der Waals surface area contributed by atoms with Gasteiger partial charge in [-0.05, 0) is 19.8 Å². The summed E-state index contributed by atoms with van der Waals surface area (Å²) in [6.07, 6.45) is 3.42. The fraction of sp³-hybridized carbons (Fsp3) is 0.615. The number of esters is 1. The summed E-state index contributed by atoms with van der Waals surface area (Å²) >= 11 is 0. The maximum atomic E-state index is 11.7. The fourth-order valence-electron chi connectivity index (χ4n) is 1.69. The predicted octanol–water partition coefficient (Wildman–Crippen LogP) is 0.0257. The third-order valence-corrected chi connectivity index (χ3v) is 2.71. The Kier molecular flexibility index (Phi) is 6.72. The normalized spacial score (nSPS) is 13.7. The second-order valence-corrected chi connectivity index (χ2v) is 4.49. The highest BCUT2D eigenvalue weighted by atomic mass is 16.5. The lowest BCUT2D eigenvalue weighted by Crippen LogP contribution is -2.46. The molecule has 0 aromatic heterocycles.